The molecule has 1 aromatic carbocycles. The summed E-state index contributed by atoms with van der Waals surface area (Å²) < 4.78 is 5.86. The maximum Gasteiger partial charge on any atom is 0.0978 e. The Hall–Kier alpha value is -1.71. The van der Waals surface area contributed by atoms with Gasteiger partial charge in [0.25, 0.3) is 0 Å². The average molecular weight is 254 g/mol. The van der Waals surface area contributed by atoms with E-state index < -0.39 is 0 Å². The zero-order valence-electron chi connectivity index (χ0n) is 10.8. The highest BCUT2D eigenvalue weighted by molar-refractivity contribution is 5.20. The summed E-state index contributed by atoms with van der Waals surface area (Å²) in [5.74, 6) is 0. The normalized spacial score (nSPS) is 22.5. The number of pyridine rings is 1. The highest BCUT2D eigenvalue weighted by Gasteiger charge is 2.28. The van der Waals surface area contributed by atoms with E-state index in [1.807, 2.05) is 18.3 Å². The summed E-state index contributed by atoms with van der Waals surface area (Å²) in [6.07, 6.45) is 4.92. The minimum Gasteiger partial charge on any atom is -0.372 e. The summed E-state index contributed by atoms with van der Waals surface area (Å²) in [5.41, 5.74) is 2.46. The Morgan fingerprint density at radius 3 is 2.84 bits per heavy atom. The molecule has 0 aliphatic carbocycles. The van der Waals surface area contributed by atoms with E-state index in [2.05, 4.69) is 40.6 Å². The molecule has 1 aliphatic heterocycles. The highest BCUT2D eigenvalue weighted by atomic mass is 16.5. The molecule has 1 saturated heterocycles. The Kier molecular flexibility index (Phi) is 3.86. The average Bonchev–Trinajstić information content (AvgIpc) is 2.95. The third kappa shape index (κ3) is 3.00. The third-order valence-corrected chi connectivity index (χ3v) is 3.51. The number of hydrogen-bond donors (Lipinski definition) is 1. The van der Waals surface area contributed by atoms with E-state index in [1.54, 1.807) is 6.20 Å². The number of rotatable bonds is 4. The number of aromatic nitrogens is 1. The van der Waals surface area contributed by atoms with E-state index in [4.69, 9.17) is 4.74 Å². The van der Waals surface area contributed by atoms with Crippen LogP contribution >= 0.6 is 0 Å². The molecule has 0 bridgehead atoms. The van der Waals surface area contributed by atoms with Gasteiger partial charge in [-0.2, -0.15) is 0 Å². The van der Waals surface area contributed by atoms with Gasteiger partial charge in [0.15, 0.2) is 0 Å². The molecule has 19 heavy (non-hydrogen) atoms. The van der Waals surface area contributed by atoms with Crippen molar-refractivity contribution in [3.8, 4) is 0 Å². The minimum atomic E-state index is 0.165. The van der Waals surface area contributed by atoms with Crippen LogP contribution in [0.3, 0.4) is 0 Å². The van der Waals surface area contributed by atoms with Gasteiger partial charge >= 0.3 is 0 Å². The van der Waals surface area contributed by atoms with E-state index in [0.29, 0.717) is 6.04 Å². The van der Waals surface area contributed by atoms with E-state index in [1.165, 1.54) is 11.1 Å². The Labute approximate surface area is 113 Å². The van der Waals surface area contributed by atoms with Gasteiger partial charge in [-0.25, -0.2) is 0 Å². The molecule has 0 saturated carbocycles. The third-order valence-electron chi connectivity index (χ3n) is 3.51. The maximum atomic E-state index is 5.86. The molecule has 3 rings (SSSR count). The molecule has 0 radical (unpaired) electrons. The highest BCUT2D eigenvalue weighted by Crippen LogP contribution is 2.29. The zero-order valence-corrected chi connectivity index (χ0v) is 10.8. The van der Waals surface area contributed by atoms with Gasteiger partial charge in [0.1, 0.15) is 0 Å². The fourth-order valence-electron chi connectivity index (χ4n) is 2.52. The van der Waals surface area contributed by atoms with Gasteiger partial charge in [0.2, 0.25) is 0 Å². The van der Waals surface area contributed by atoms with E-state index in [-0.39, 0.29) is 6.10 Å². The summed E-state index contributed by atoms with van der Waals surface area (Å²) in [6.45, 7) is 1.66. The molecule has 2 heterocycles. The first-order valence-electron chi connectivity index (χ1n) is 6.72. The van der Waals surface area contributed by atoms with Crippen LogP contribution in [-0.2, 0) is 11.3 Å². The van der Waals surface area contributed by atoms with E-state index in [0.717, 1.165) is 19.6 Å². The number of nitrogens with zero attached hydrogens (tertiary/aromatic N) is 1. The topological polar surface area (TPSA) is 34.1 Å². The molecule has 1 fully saturated rings. The standard InChI is InChI=1S/C16H18N2O/c1-2-6-14(7-3-1)16-15(8-10-19-16)18-12-13-5-4-9-17-11-13/h1-7,9,11,15-16,18H,8,10,12H2/t15-,16+/m0/s1. The van der Waals surface area contributed by atoms with Crippen molar-refractivity contribution in [3.63, 3.8) is 0 Å². The lowest BCUT2D eigenvalue weighted by atomic mass is 10.0. The monoisotopic (exact) mass is 254 g/mol. The molecule has 98 valence electrons. The second-order valence-corrected chi connectivity index (χ2v) is 4.84. The molecular weight excluding hydrogens is 236 g/mol. The van der Waals surface area contributed by atoms with Gasteiger partial charge in [-0.15, -0.1) is 0 Å². The summed E-state index contributed by atoms with van der Waals surface area (Å²) in [4.78, 5) is 4.14. The number of nitrogens with one attached hydrogen (secondary N) is 1. The van der Waals surface area contributed by atoms with Gasteiger partial charge < -0.3 is 10.1 Å². The summed E-state index contributed by atoms with van der Waals surface area (Å²) in [7, 11) is 0. The lowest BCUT2D eigenvalue weighted by molar-refractivity contribution is 0.0985. The van der Waals surface area contributed by atoms with Crippen LogP contribution in [0.4, 0.5) is 0 Å². The summed E-state index contributed by atoms with van der Waals surface area (Å²) >= 11 is 0. The van der Waals surface area contributed by atoms with Gasteiger partial charge in [-0.05, 0) is 23.6 Å². The second-order valence-electron chi connectivity index (χ2n) is 4.84. The van der Waals surface area contributed by atoms with Crippen molar-refractivity contribution in [1.29, 1.82) is 0 Å². The van der Waals surface area contributed by atoms with Crippen LogP contribution in [0.25, 0.3) is 0 Å². The fourth-order valence-corrected chi connectivity index (χ4v) is 2.52. The first kappa shape index (κ1) is 12.3. The van der Waals surface area contributed by atoms with Crippen LogP contribution in [0.5, 0.6) is 0 Å². The zero-order chi connectivity index (χ0) is 12.9. The molecule has 3 nitrogen and oxygen atoms in total. The molecule has 0 unspecified atom stereocenters. The maximum absolute atomic E-state index is 5.86. The first-order valence-corrected chi connectivity index (χ1v) is 6.72. The van der Waals surface area contributed by atoms with Crippen LogP contribution in [0.15, 0.2) is 54.9 Å². The van der Waals surface area contributed by atoms with E-state index >= 15 is 0 Å². The van der Waals surface area contributed by atoms with Gasteiger partial charge in [0.05, 0.1) is 6.10 Å². The predicted molar refractivity (Wildman–Crippen MR) is 74.6 cm³/mol. The van der Waals surface area contributed by atoms with Crippen molar-refractivity contribution in [2.24, 2.45) is 0 Å². The van der Waals surface area contributed by atoms with Gasteiger partial charge in [0, 0.05) is 31.6 Å². The van der Waals surface area contributed by atoms with Crippen LogP contribution in [0.2, 0.25) is 0 Å². The van der Waals surface area contributed by atoms with Crippen molar-refractivity contribution in [3.05, 3.63) is 66.0 Å². The Morgan fingerprint density at radius 1 is 1.16 bits per heavy atom. The molecule has 0 amide bonds. The molecule has 2 atom stereocenters. The van der Waals surface area contributed by atoms with Crippen LogP contribution in [0, 0.1) is 0 Å². The Morgan fingerprint density at radius 2 is 2.05 bits per heavy atom. The van der Waals surface area contributed by atoms with Gasteiger partial charge in [-0.1, -0.05) is 36.4 Å². The molecule has 1 N–H and O–H groups in total. The van der Waals surface area contributed by atoms with Crippen LogP contribution in [0.1, 0.15) is 23.7 Å². The number of hydrogen-bond acceptors (Lipinski definition) is 3. The number of ether oxygens (including phenoxy) is 1. The van der Waals surface area contributed by atoms with E-state index in [9.17, 15) is 0 Å². The Balaban J connectivity index is 1.64. The van der Waals surface area contributed by atoms with Crippen molar-refractivity contribution >= 4 is 0 Å². The van der Waals surface area contributed by atoms with Crippen molar-refractivity contribution < 1.29 is 4.74 Å². The smallest absolute Gasteiger partial charge is 0.0978 e. The van der Waals surface area contributed by atoms with Crippen LogP contribution in [-0.4, -0.2) is 17.6 Å². The SMILES string of the molecule is c1ccc([C@H]2OCC[C@@H]2NCc2cccnc2)cc1. The second kappa shape index (κ2) is 5.95. The summed E-state index contributed by atoms with van der Waals surface area (Å²) in [5, 5.41) is 3.58. The molecule has 2 aromatic rings. The summed E-state index contributed by atoms with van der Waals surface area (Å²) in [6, 6.07) is 14.9. The molecular formula is C16H18N2O. The quantitative estimate of drug-likeness (QED) is 0.911. The molecule has 0 spiro atoms. The lowest BCUT2D eigenvalue weighted by Crippen LogP contribution is -2.31. The first-order chi connectivity index (χ1) is 9.43. The van der Waals surface area contributed by atoms with Crippen molar-refractivity contribution in [2.45, 2.75) is 25.1 Å². The fraction of sp³-hybridized carbons (Fsp3) is 0.312. The van der Waals surface area contributed by atoms with Crippen molar-refractivity contribution in [2.75, 3.05) is 6.61 Å². The predicted octanol–water partition coefficient (Wildman–Crippen LogP) is 2.70. The van der Waals surface area contributed by atoms with Crippen LogP contribution < -0.4 is 5.32 Å². The number of benzene rings is 1. The Bertz CT molecular complexity index is 501. The lowest BCUT2D eigenvalue weighted by Gasteiger charge is -2.20. The molecule has 3 heteroatoms. The van der Waals surface area contributed by atoms with Gasteiger partial charge in [-0.3, -0.25) is 4.98 Å². The largest absolute Gasteiger partial charge is 0.372 e. The van der Waals surface area contributed by atoms with Crippen molar-refractivity contribution in [1.82, 2.24) is 10.3 Å². The minimum absolute atomic E-state index is 0.165. The molecule has 1 aliphatic rings. The molecule has 1 aromatic heterocycles.